The molecule has 0 radical (unpaired) electrons. The molecule has 10 heteroatoms. The predicted molar refractivity (Wildman–Crippen MR) is 188 cm³/mol. The minimum absolute atomic E-state index is 0.0417. The van der Waals surface area contributed by atoms with Gasteiger partial charge in [0.15, 0.2) is 0 Å². The van der Waals surface area contributed by atoms with Gasteiger partial charge in [0, 0.05) is 28.5 Å². The summed E-state index contributed by atoms with van der Waals surface area (Å²) in [6.07, 6.45) is 0.952. The monoisotopic (exact) mass is 723 g/mol. The van der Waals surface area contributed by atoms with Gasteiger partial charge in [-0.3, -0.25) is 13.9 Å². The largest absolute Gasteiger partial charge is 0.352 e. The molecule has 0 spiro atoms. The standard InChI is InChI=1S/C36H39BrClN3O4S/c1-5-27(4)39-36(43)34(21-28-9-7-6-8-10-28)40(23-29-14-16-30(37)17-15-29)35(42)24-41(33-22-31(38)18-13-26(33)3)46(44,45)32-19-11-25(2)12-20-32/h6-20,22,27,34H,5,21,23-24H2,1-4H3,(H,39,43)/t27-,34-/m0/s1. The molecule has 0 saturated heterocycles. The van der Waals surface area contributed by atoms with Crippen molar-refractivity contribution in [3.8, 4) is 0 Å². The maximum Gasteiger partial charge on any atom is 0.264 e. The second kappa shape index (κ2) is 15.8. The Balaban J connectivity index is 1.83. The van der Waals surface area contributed by atoms with E-state index in [-0.39, 0.29) is 35.5 Å². The van der Waals surface area contributed by atoms with Crippen molar-refractivity contribution in [1.29, 1.82) is 0 Å². The van der Waals surface area contributed by atoms with E-state index in [2.05, 4.69) is 21.2 Å². The van der Waals surface area contributed by atoms with Gasteiger partial charge in [0.2, 0.25) is 11.8 Å². The van der Waals surface area contributed by atoms with E-state index in [1.807, 2.05) is 75.4 Å². The van der Waals surface area contributed by atoms with Crippen LogP contribution in [-0.2, 0) is 32.6 Å². The van der Waals surface area contributed by atoms with Gasteiger partial charge < -0.3 is 10.2 Å². The minimum atomic E-state index is -4.22. The van der Waals surface area contributed by atoms with Gasteiger partial charge in [0.05, 0.1) is 10.6 Å². The van der Waals surface area contributed by atoms with E-state index in [1.165, 1.54) is 17.0 Å². The van der Waals surface area contributed by atoms with E-state index in [0.717, 1.165) is 25.5 Å². The number of nitrogens with one attached hydrogen (secondary N) is 1. The van der Waals surface area contributed by atoms with Crippen molar-refractivity contribution in [1.82, 2.24) is 10.2 Å². The molecule has 0 aliphatic rings. The Bertz CT molecular complexity index is 1750. The highest BCUT2D eigenvalue weighted by molar-refractivity contribution is 9.10. The van der Waals surface area contributed by atoms with Gasteiger partial charge >= 0.3 is 0 Å². The zero-order chi connectivity index (χ0) is 33.4. The number of carbonyl (C=O) groups is 2. The fourth-order valence-corrected chi connectivity index (χ4v) is 6.88. The number of nitrogens with zero attached hydrogens (tertiary/aromatic N) is 2. The normalized spacial score (nSPS) is 12.7. The summed E-state index contributed by atoms with van der Waals surface area (Å²) in [5.74, 6) is -0.839. The first-order valence-electron chi connectivity index (χ1n) is 15.1. The van der Waals surface area contributed by atoms with Crippen molar-refractivity contribution in [3.05, 3.63) is 129 Å². The lowest BCUT2D eigenvalue weighted by Crippen LogP contribution is -2.54. The Morgan fingerprint density at radius 1 is 0.891 bits per heavy atom. The van der Waals surface area contributed by atoms with Crippen LogP contribution >= 0.6 is 27.5 Å². The van der Waals surface area contributed by atoms with Crippen LogP contribution in [0, 0.1) is 13.8 Å². The number of halogens is 2. The van der Waals surface area contributed by atoms with Crippen molar-refractivity contribution in [2.45, 2.75) is 64.1 Å². The molecule has 4 rings (SSSR count). The number of anilines is 1. The average molecular weight is 725 g/mol. The van der Waals surface area contributed by atoms with Crippen LogP contribution in [0.4, 0.5) is 5.69 Å². The number of sulfonamides is 1. The zero-order valence-corrected chi connectivity index (χ0v) is 29.6. The zero-order valence-electron chi connectivity index (χ0n) is 26.4. The van der Waals surface area contributed by atoms with E-state index < -0.39 is 28.5 Å². The molecule has 0 saturated carbocycles. The SMILES string of the molecule is CC[C@H](C)NC(=O)[C@H](Cc1ccccc1)N(Cc1ccc(Br)cc1)C(=O)CN(c1cc(Cl)ccc1C)S(=O)(=O)c1ccc(C)cc1. The summed E-state index contributed by atoms with van der Waals surface area (Å²) in [6, 6.07) is 27.4. The van der Waals surface area contributed by atoms with Crippen molar-refractivity contribution in [2.24, 2.45) is 0 Å². The van der Waals surface area contributed by atoms with Gasteiger partial charge in [0.25, 0.3) is 10.0 Å². The smallest absolute Gasteiger partial charge is 0.264 e. The van der Waals surface area contributed by atoms with Crippen LogP contribution in [0.25, 0.3) is 0 Å². The molecule has 0 heterocycles. The Morgan fingerprint density at radius 3 is 2.17 bits per heavy atom. The molecule has 0 fully saturated rings. The molecule has 1 N–H and O–H groups in total. The van der Waals surface area contributed by atoms with E-state index in [1.54, 1.807) is 37.3 Å². The number of aryl methyl sites for hydroxylation is 2. The number of hydrogen-bond donors (Lipinski definition) is 1. The van der Waals surface area contributed by atoms with Gasteiger partial charge in [-0.2, -0.15) is 0 Å². The van der Waals surface area contributed by atoms with Crippen LogP contribution in [0.1, 0.15) is 42.5 Å². The van der Waals surface area contributed by atoms with Crippen LogP contribution in [0.2, 0.25) is 5.02 Å². The Labute approximate surface area is 285 Å². The Kier molecular flexibility index (Phi) is 12.1. The first-order chi connectivity index (χ1) is 21.9. The lowest BCUT2D eigenvalue weighted by Gasteiger charge is -2.34. The third kappa shape index (κ3) is 8.99. The lowest BCUT2D eigenvalue weighted by molar-refractivity contribution is -0.140. The molecule has 0 unspecified atom stereocenters. The molecule has 4 aromatic rings. The quantitative estimate of drug-likeness (QED) is 0.155. The molecule has 46 heavy (non-hydrogen) atoms. The fraction of sp³-hybridized carbons (Fsp3) is 0.278. The number of amides is 2. The summed E-state index contributed by atoms with van der Waals surface area (Å²) in [5.41, 5.74) is 3.47. The van der Waals surface area contributed by atoms with E-state index in [9.17, 15) is 18.0 Å². The van der Waals surface area contributed by atoms with Crippen LogP contribution in [0.5, 0.6) is 0 Å². The second-order valence-electron chi connectivity index (χ2n) is 11.4. The van der Waals surface area contributed by atoms with E-state index in [0.29, 0.717) is 17.0 Å². The third-order valence-electron chi connectivity index (χ3n) is 7.87. The molecule has 2 atom stereocenters. The van der Waals surface area contributed by atoms with Gasteiger partial charge in [-0.1, -0.05) is 101 Å². The summed E-state index contributed by atoms with van der Waals surface area (Å²) in [7, 11) is -4.22. The summed E-state index contributed by atoms with van der Waals surface area (Å²) in [6.45, 7) is 7.07. The predicted octanol–water partition coefficient (Wildman–Crippen LogP) is 7.47. The molecule has 4 aromatic carbocycles. The van der Waals surface area contributed by atoms with Crippen LogP contribution < -0.4 is 9.62 Å². The number of hydrogen-bond acceptors (Lipinski definition) is 4. The topological polar surface area (TPSA) is 86.8 Å². The molecule has 7 nitrogen and oxygen atoms in total. The molecule has 0 bridgehead atoms. The minimum Gasteiger partial charge on any atom is -0.352 e. The molecular formula is C36H39BrClN3O4S. The number of carbonyl (C=O) groups excluding carboxylic acids is 2. The third-order valence-corrected chi connectivity index (χ3v) is 10.4. The van der Waals surface area contributed by atoms with Gasteiger partial charge in [-0.15, -0.1) is 0 Å². The highest BCUT2D eigenvalue weighted by atomic mass is 79.9. The van der Waals surface area contributed by atoms with E-state index >= 15 is 0 Å². The van der Waals surface area contributed by atoms with Gasteiger partial charge in [-0.05, 0) is 80.3 Å². The van der Waals surface area contributed by atoms with Crippen LogP contribution in [0.15, 0.2) is 106 Å². The maximum atomic E-state index is 14.6. The first kappa shape index (κ1) is 35.2. The van der Waals surface area contributed by atoms with Gasteiger partial charge in [-0.25, -0.2) is 8.42 Å². The first-order valence-corrected chi connectivity index (χ1v) is 17.7. The number of rotatable bonds is 13. The molecule has 0 aliphatic heterocycles. The Morgan fingerprint density at radius 2 is 1.54 bits per heavy atom. The van der Waals surface area contributed by atoms with E-state index in [4.69, 9.17) is 11.6 Å². The second-order valence-corrected chi connectivity index (χ2v) is 14.6. The highest BCUT2D eigenvalue weighted by Crippen LogP contribution is 2.30. The molecular weight excluding hydrogens is 686 g/mol. The summed E-state index contributed by atoms with van der Waals surface area (Å²) >= 11 is 9.83. The van der Waals surface area contributed by atoms with Crippen LogP contribution in [-0.4, -0.2) is 43.8 Å². The fourth-order valence-electron chi connectivity index (χ4n) is 4.98. The molecule has 0 aliphatic carbocycles. The molecule has 242 valence electrons. The van der Waals surface area contributed by atoms with Crippen molar-refractivity contribution in [3.63, 3.8) is 0 Å². The summed E-state index contributed by atoms with van der Waals surface area (Å²) < 4.78 is 30.5. The van der Waals surface area contributed by atoms with Crippen molar-refractivity contribution >= 4 is 55.1 Å². The van der Waals surface area contributed by atoms with Crippen molar-refractivity contribution < 1.29 is 18.0 Å². The number of benzene rings is 4. The average Bonchev–Trinajstić information content (AvgIpc) is 3.04. The van der Waals surface area contributed by atoms with Gasteiger partial charge in [0.1, 0.15) is 12.6 Å². The summed E-state index contributed by atoms with van der Waals surface area (Å²) in [5, 5.41) is 3.39. The molecule has 0 aromatic heterocycles. The van der Waals surface area contributed by atoms with Crippen LogP contribution in [0.3, 0.4) is 0 Å². The maximum absolute atomic E-state index is 14.6. The van der Waals surface area contributed by atoms with Crippen molar-refractivity contribution in [2.75, 3.05) is 10.8 Å². The Hall–Kier alpha value is -3.66. The lowest BCUT2D eigenvalue weighted by atomic mass is 10.0. The molecule has 2 amide bonds. The summed E-state index contributed by atoms with van der Waals surface area (Å²) in [4.78, 5) is 30.1. The highest BCUT2D eigenvalue weighted by Gasteiger charge is 2.35.